The van der Waals surface area contributed by atoms with Crippen LogP contribution in [0.3, 0.4) is 0 Å². The van der Waals surface area contributed by atoms with E-state index in [2.05, 4.69) is 4.74 Å². The lowest BCUT2D eigenvalue weighted by Gasteiger charge is -2.11. The number of esters is 2. The summed E-state index contributed by atoms with van der Waals surface area (Å²) in [6.07, 6.45) is 4.88. The van der Waals surface area contributed by atoms with Crippen LogP contribution in [0.2, 0.25) is 0 Å². The molecule has 0 atom stereocenters. The molecule has 1 aromatic heterocycles. The van der Waals surface area contributed by atoms with E-state index >= 15 is 0 Å². The highest BCUT2D eigenvalue weighted by atomic mass is 16.5. The normalized spacial score (nSPS) is 13.8. The molecule has 2 rings (SSSR count). The Labute approximate surface area is 122 Å². The van der Waals surface area contributed by atoms with Crippen molar-refractivity contribution in [2.75, 3.05) is 13.7 Å². The molecule has 0 N–H and O–H groups in total. The molecule has 1 heterocycles. The summed E-state index contributed by atoms with van der Waals surface area (Å²) in [5.74, 6) is -1.31. The first-order valence-corrected chi connectivity index (χ1v) is 7.10. The van der Waals surface area contributed by atoms with Crippen LogP contribution in [0.4, 0.5) is 0 Å². The number of methoxy groups -OCH3 is 1. The van der Waals surface area contributed by atoms with Crippen molar-refractivity contribution in [2.24, 2.45) is 0 Å². The first-order valence-electron chi connectivity index (χ1n) is 7.10. The second kappa shape index (κ2) is 6.56. The third kappa shape index (κ3) is 3.51. The van der Waals surface area contributed by atoms with Gasteiger partial charge in [-0.3, -0.25) is 4.79 Å². The Hall–Kier alpha value is -2.11. The van der Waals surface area contributed by atoms with Crippen molar-refractivity contribution in [3.05, 3.63) is 33.7 Å². The zero-order chi connectivity index (χ0) is 15.4. The standard InChI is InChI=1S/C15H19NO5/c1-3-4-7-21-15(19)12-9-16(10-5-6-10)13(17)8-11(12)14(18)20-2/h8-10H,3-7H2,1-2H3. The summed E-state index contributed by atoms with van der Waals surface area (Å²) in [6.45, 7) is 2.28. The van der Waals surface area contributed by atoms with Crippen molar-refractivity contribution in [1.82, 2.24) is 4.57 Å². The van der Waals surface area contributed by atoms with E-state index in [9.17, 15) is 14.4 Å². The first-order chi connectivity index (χ1) is 10.1. The number of unbranched alkanes of at least 4 members (excludes halogenated alkanes) is 1. The van der Waals surface area contributed by atoms with Crippen LogP contribution in [0.5, 0.6) is 0 Å². The molecular formula is C15H19NO5. The van der Waals surface area contributed by atoms with Crippen molar-refractivity contribution in [3.8, 4) is 0 Å². The summed E-state index contributed by atoms with van der Waals surface area (Å²) >= 11 is 0. The van der Waals surface area contributed by atoms with Crippen LogP contribution >= 0.6 is 0 Å². The smallest absolute Gasteiger partial charge is 0.340 e. The number of rotatable bonds is 6. The minimum Gasteiger partial charge on any atom is -0.465 e. The molecule has 21 heavy (non-hydrogen) atoms. The molecular weight excluding hydrogens is 274 g/mol. The number of aromatic nitrogens is 1. The van der Waals surface area contributed by atoms with Gasteiger partial charge in [-0.1, -0.05) is 13.3 Å². The predicted molar refractivity (Wildman–Crippen MR) is 75.5 cm³/mol. The average molecular weight is 293 g/mol. The zero-order valence-electron chi connectivity index (χ0n) is 12.3. The Morgan fingerprint density at radius 3 is 2.57 bits per heavy atom. The molecule has 1 saturated carbocycles. The van der Waals surface area contributed by atoms with Crippen LogP contribution < -0.4 is 5.56 Å². The number of nitrogens with zero attached hydrogens (tertiary/aromatic N) is 1. The van der Waals surface area contributed by atoms with Crippen LogP contribution in [0.25, 0.3) is 0 Å². The molecule has 0 saturated heterocycles. The Morgan fingerprint density at radius 1 is 1.29 bits per heavy atom. The molecule has 0 aromatic carbocycles. The molecule has 1 aliphatic rings. The van der Waals surface area contributed by atoms with Gasteiger partial charge in [-0.25, -0.2) is 9.59 Å². The highest BCUT2D eigenvalue weighted by molar-refractivity contribution is 6.02. The van der Waals surface area contributed by atoms with Crippen LogP contribution in [0.15, 0.2) is 17.1 Å². The van der Waals surface area contributed by atoms with Crippen molar-refractivity contribution < 1.29 is 19.1 Å². The van der Waals surface area contributed by atoms with E-state index in [0.717, 1.165) is 31.7 Å². The Balaban J connectivity index is 2.35. The lowest BCUT2D eigenvalue weighted by Crippen LogP contribution is -2.24. The number of pyridine rings is 1. The lowest BCUT2D eigenvalue weighted by atomic mass is 10.1. The van der Waals surface area contributed by atoms with Gasteiger partial charge >= 0.3 is 11.9 Å². The highest BCUT2D eigenvalue weighted by Gasteiger charge is 2.28. The van der Waals surface area contributed by atoms with Gasteiger partial charge in [0.2, 0.25) is 0 Å². The van der Waals surface area contributed by atoms with E-state index in [4.69, 9.17) is 4.74 Å². The van der Waals surface area contributed by atoms with Gasteiger partial charge in [-0.05, 0) is 19.3 Å². The van der Waals surface area contributed by atoms with Crippen molar-refractivity contribution in [2.45, 2.75) is 38.6 Å². The number of hydrogen-bond donors (Lipinski definition) is 0. The molecule has 0 spiro atoms. The number of ether oxygens (including phenoxy) is 2. The largest absolute Gasteiger partial charge is 0.465 e. The van der Waals surface area contributed by atoms with Crippen molar-refractivity contribution in [1.29, 1.82) is 0 Å². The van der Waals surface area contributed by atoms with Gasteiger partial charge < -0.3 is 14.0 Å². The van der Waals surface area contributed by atoms with Gasteiger partial charge in [0.1, 0.15) is 0 Å². The van der Waals surface area contributed by atoms with E-state index in [-0.39, 0.29) is 22.7 Å². The summed E-state index contributed by atoms with van der Waals surface area (Å²) in [4.78, 5) is 35.8. The average Bonchev–Trinajstić information content (AvgIpc) is 3.30. The first kappa shape index (κ1) is 15.3. The van der Waals surface area contributed by atoms with Gasteiger partial charge in [0.15, 0.2) is 0 Å². The number of carbonyl (C=O) groups is 2. The fraction of sp³-hybridized carbons (Fsp3) is 0.533. The van der Waals surface area contributed by atoms with E-state index in [1.54, 1.807) is 0 Å². The molecule has 0 bridgehead atoms. The van der Waals surface area contributed by atoms with Crippen molar-refractivity contribution in [3.63, 3.8) is 0 Å². The van der Waals surface area contributed by atoms with E-state index in [1.165, 1.54) is 17.9 Å². The molecule has 1 aliphatic carbocycles. The van der Waals surface area contributed by atoms with Crippen LogP contribution in [-0.4, -0.2) is 30.2 Å². The fourth-order valence-electron chi connectivity index (χ4n) is 2.01. The maximum Gasteiger partial charge on any atom is 0.340 e. The quantitative estimate of drug-likeness (QED) is 0.592. The summed E-state index contributed by atoms with van der Waals surface area (Å²) in [5.41, 5.74) is -0.256. The maximum atomic E-state index is 12.1. The lowest BCUT2D eigenvalue weighted by molar-refractivity contribution is 0.0480. The molecule has 1 fully saturated rings. The molecule has 6 heteroatoms. The van der Waals surface area contributed by atoms with Gasteiger partial charge in [0.05, 0.1) is 24.8 Å². The molecule has 0 unspecified atom stereocenters. The minimum atomic E-state index is -0.711. The van der Waals surface area contributed by atoms with E-state index in [1.807, 2.05) is 6.92 Å². The molecule has 114 valence electrons. The SMILES string of the molecule is CCCCOC(=O)c1cn(C2CC2)c(=O)cc1C(=O)OC. The Kier molecular flexibility index (Phi) is 4.77. The van der Waals surface area contributed by atoms with Gasteiger partial charge in [-0.2, -0.15) is 0 Å². The second-order valence-electron chi connectivity index (χ2n) is 5.06. The van der Waals surface area contributed by atoms with Gasteiger partial charge in [0, 0.05) is 18.3 Å². The summed E-state index contributed by atoms with van der Waals surface area (Å²) in [6, 6.07) is 1.27. The van der Waals surface area contributed by atoms with E-state index in [0.29, 0.717) is 6.61 Å². The topological polar surface area (TPSA) is 74.6 Å². The maximum absolute atomic E-state index is 12.1. The summed E-state index contributed by atoms with van der Waals surface area (Å²) in [7, 11) is 1.21. The van der Waals surface area contributed by atoms with Crippen LogP contribution in [0, 0.1) is 0 Å². The predicted octanol–water partition coefficient (Wildman–Crippen LogP) is 1.93. The van der Waals surface area contributed by atoms with Crippen LogP contribution in [0.1, 0.15) is 59.4 Å². The van der Waals surface area contributed by atoms with E-state index < -0.39 is 11.9 Å². The molecule has 0 aliphatic heterocycles. The summed E-state index contributed by atoms with van der Waals surface area (Å²) in [5, 5.41) is 0. The molecule has 0 radical (unpaired) electrons. The third-order valence-electron chi connectivity index (χ3n) is 3.38. The fourth-order valence-corrected chi connectivity index (χ4v) is 2.01. The highest BCUT2D eigenvalue weighted by Crippen LogP contribution is 2.33. The van der Waals surface area contributed by atoms with Gasteiger partial charge in [-0.15, -0.1) is 0 Å². The summed E-state index contributed by atoms with van der Waals surface area (Å²) < 4.78 is 11.3. The third-order valence-corrected chi connectivity index (χ3v) is 3.38. The molecule has 6 nitrogen and oxygen atoms in total. The minimum absolute atomic E-state index is 0.0408. The molecule has 0 amide bonds. The second-order valence-corrected chi connectivity index (χ2v) is 5.06. The molecule has 1 aromatic rings. The zero-order valence-corrected chi connectivity index (χ0v) is 12.3. The number of carbonyl (C=O) groups excluding carboxylic acids is 2. The Morgan fingerprint density at radius 2 is 2.00 bits per heavy atom. The number of hydrogen-bond acceptors (Lipinski definition) is 5. The van der Waals surface area contributed by atoms with Crippen molar-refractivity contribution >= 4 is 11.9 Å². The van der Waals surface area contributed by atoms with Crippen LogP contribution in [-0.2, 0) is 9.47 Å². The monoisotopic (exact) mass is 293 g/mol. The van der Waals surface area contributed by atoms with Gasteiger partial charge in [0.25, 0.3) is 5.56 Å². The Bertz CT molecular complexity index is 601.